The molecule has 0 aliphatic rings. The van der Waals surface area contributed by atoms with Gasteiger partial charge in [0.2, 0.25) is 0 Å². The topological polar surface area (TPSA) is 80.5 Å². The number of carbonyl (C=O) groups is 1. The van der Waals surface area contributed by atoms with Gasteiger partial charge < -0.3 is 0 Å². The van der Waals surface area contributed by atoms with Gasteiger partial charge in [-0.15, -0.1) is 0 Å². The van der Waals surface area contributed by atoms with E-state index >= 15 is 0 Å². The molecule has 1 N–H and O–H groups in total. The first-order chi connectivity index (χ1) is 14.9. The molecule has 31 heavy (non-hydrogen) atoms. The lowest BCUT2D eigenvalue weighted by molar-refractivity contribution is 0.0955. The number of halogens is 1. The van der Waals surface area contributed by atoms with Crippen molar-refractivity contribution in [2.24, 2.45) is 5.10 Å². The molecule has 4 aromatic rings. The lowest BCUT2D eigenvalue weighted by Crippen LogP contribution is -2.19. The van der Waals surface area contributed by atoms with Crippen molar-refractivity contribution in [2.75, 3.05) is 0 Å². The van der Waals surface area contributed by atoms with Gasteiger partial charge in [-0.25, -0.2) is 17.8 Å². The van der Waals surface area contributed by atoms with E-state index in [1.54, 1.807) is 43.3 Å². The number of benzene rings is 3. The number of para-hydroxylation sites is 1. The van der Waals surface area contributed by atoms with Crippen LogP contribution in [0.3, 0.4) is 0 Å². The van der Waals surface area contributed by atoms with Crippen LogP contribution >= 0.6 is 11.6 Å². The highest BCUT2D eigenvalue weighted by atomic mass is 35.5. The minimum Gasteiger partial charge on any atom is -0.267 e. The minimum atomic E-state index is -3.85. The normalized spacial score (nSPS) is 12.1. The summed E-state index contributed by atoms with van der Waals surface area (Å²) in [6.45, 7) is 1.71. The lowest BCUT2D eigenvalue weighted by Gasteiger charge is -2.07. The number of hydrogen-bond donors (Lipinski definition) is 1. The molecule has 0 aliphatic carbocycles. The molecule has 0 unspecified atom stereocenters. The van der Waals surface area contributed by atoms with Crippen LogP contribution in [0.2, 0.25) is 5.02 Å². The number of amides is 1. The van der Waals surface area contributed by atoms with E-state index in [1.165, 1.54) is 34.4 Å². The van der Waals surface area contributed by atoms with Gasteiger partial charge in [0.15, 0.2) is 0 Å². The number of hydrazone groups is 1. The molecule has 0 bridgehead atoms. The maximum Gasteiger partial charge on any atom is 0.271 e. The second-order valence-corrected chi connectivity index (χ2v) is 9.07. The van der Waals surface area contributed by atoms with Gasteiger partial charge in [0.05, 0.1) is 16.1 Å². The monoisotopic (exact) mass is 451 g/mol. The standard InChI is InChI=1S/C23H18ClN3O3S/c1-16(25-26-23(28)17-7-3-2-4-8-17)21-15-27(22-10-6-5-9-20(21)22)31(29,30)19-13-11-18(24)12-14-19/h2-15H,1H3,(H,26,28)/b25-16+. The van der Waals surface area contributed by atoms with Gasteiger partial charge in [-0.05, 0) is 49.4 Å². The summed E-state index contributed by atoms with van der Waals surface area (Å²) < 4.78 is 27.7. The van der Waals surface area contributed by atoms with Crippen LogP contribution in [-0.2, 0) is 10.0 Å². The Morgan fingerprint density at radius 1 is 0.935 bits per heavy atom. The molecule has 0 radical (unpaired) electrons. The van der Waals surface area contributed by atoms with Crippen molar-refractivity contribution in [1.82, 2.24) is 9.40 Å². The van der Waals surface area contributed by atoms with E-state index in [0.29, 0.717) is 32.8 Å². The molecule has 8 heteroatoms. The Morgan fingerprint density at radius 3 is 2.29 bits per heavy atom. The van der Waals surface area contributed by atoms with E-state index in [0.717, 1.165) is 0 Å². The molecule has 3 aromatic carbocycles. The van der Waals surface area contributed by atoms with Gasteiger partial charge in [0.25, 0.3) is 15.9 Å². The minimum absolute atomic E-state index is 0.121. The number of fused-ring (bicyclic) bond motifs is 1. The maximum atomic E-state index is 13.3. The van der Waals surface area contributed by atoms with Crippen LogP contribution in [0.5, 0.6) is 0 Å². The van der Waals surface area contributed by atoms with Crippen LogP contribution in [-0.4, -0.2) is 24.0 Å². The van der Waals surface area contributed by atoms with Crippen LogP contribution in [0.25, 0.3) is 10.9 Å². The predicted molar refractivity (Wildman–Crippen MR) is 122 cm³/mol. The zero-order chi connectivity index (χ0) is 22.0. The fraction of sp³-hybridized carbons (Fsp3) is 0.0435. The highest BCUT2D eigenvalue weighted by Gasteiger charge is 2.22. The summed E-state index contributed by atoms with van der Waals surface area (Å²) in [7, 11) is -3.85. The summed E-state index contributed by atoms with van der Waals surface area (Å²) >= 11 is 5.90. The number of nitrogens with zero attached hydrogens (tertiary/aromatic N) is 2. The first-order valence-corrected chi connectivity index (χ1v) is 11.2. The Kier molecular flexibility index (Phi) is 5.63. The molecule has 0 fully saturated rings. The third-order valence-corrected chi connectivity index (χ3v) is 6.74. The second-order valence-electron chi connectivity index (χ2n) is 6.82. The number of nitrogens with one attached hydrogen (secondary N) is 1. The summed E-state index contributed by atoms with van der Waals surface area (Å²) in [5.74, 6) is -0.350. The average Bonchev–Trinajstić information content (AvgIpc) is 3.19. The van der Waals surface area contributed by atoms with Crippen molar-refractivity contribution >= 4 is 44.1 Å². The Hall–Kier alpha value is -3.42. The van der Waals surface area contributed by atoms with Gasteiger partial charge in [-0.3, -0.25) is 4.79 Å². The third kappa shape index (κ3) is 4.10. The summed E-state index contributed by atoms with van der Waals surface area (Å²) in [5.41, 5.74) is 4.59. The molecule has 0 saturated carbocycles. The van der Waals surface area contributed by atoms with Crippen molar-refractivity contribution in [3.8, 4) is 0 Å². The smallest absolute Gasteiger partial charge is 0.267 e. The summed E-state index contributed by atoms with van der Waals surface area (Å²) in [4.78, 5) is 12.4. The van der Waals surface area contributed by atoms with Crippen LogP contribution in [0.15, 0.2) is 95.1 Å². The molecule has 156 valence electrons. The molecule has 0 spiro atoms. The van der Waals surface area contributed by atoms with Crippen molar-refractivity contribution < 1.29 is 13.2 Å². The Balaban J connectivity index is 1.74. The van der Waals surface area contributed by atoms with Gasteiger partial charge in [-0.2, -0.15) is 5.10 Å². The summed E-state index contributed by atoms with van der Waals surface area (Å²) in [6.07, 6.45) is 1.52. The van der Waals surface area contributed by atoms with E-state index in [9.17, 15) is 13.2 Å². The highest BCUT2D eigenvalue weighted by molar-refractivity contribution is 7.90. The second kappa shape index (κ2) is 8.37. The van der Waals surface area contributed by atoms with Gasteiger partial charge in [0.1, 0.15) is 0 Å². The van der Waals surface area contributed by atoms with E-state index in [4.69, 9.17) is 11.6 Å². The van der Waals surface area contributed by atoms with Crippen molar-refractivity contribution in [1.29, 1.82) is 0 Å². The number of rotatable bonds is 5. The van der Waals surface area contributed by atoms with E-state index in [1.807, 2.05) is 18.2 Å². The lowest BCUT2D eigenvalue weighted by atomic mass is 10.1. The molecular formula is C23H18ClN3O3S. The van der Waals surface area contributed by atoms with Crippen molar-refractivity contribution in [2.45, 2.75) is 11.8 Å². The zero-order valence-electron chi connectivity index (χ0n) is 16.5. The SMILES string of the molecule is C/C(=N\NC(=O)c1ccccc1)c1cn(S(=O)(=O)c2ccc(Cl)cc2)c2ccccc12. The molecule has 0 saturated heterocycles. The zero-order valence-corrected chi connectivity index (χ0v) is 18.1. The predicted octanol–water partition coefficient (Wildman–Crippen LogP) is 4.69. The number of hydrogen-bond acceptors (Lipinski definition) is 4. The van der Waals surface area contributed by atoms with Gasteiger partial charge >= 0.3 is 0 Å². The summed E-state index contributed by atoms with van der Waals surface area (Å²) in [6, 6.07) is 21.8. The quantitative estimate of drug-likeness (QED) is 0.353. The fourth-order valence-corrected chi connectivity index (χ4v) is 4.70. The molecule has 1 amide bonds. The highest BCUT2D eigenvalue weighted by Crippen LogP contribution is 2.27. The maximum absolute atomic E-state index is 13.3. The van der Waals surface area contributed by atoms with E-state index in [-0.39, 0.29) is 10.8 Å². The average molecular weight is 452 g/mol. The molecule has 1 aromatic heterocycles. The molecule has 1 heterocycles. The molecular weight excluding hydrogens is 434 g/mol. The van der Waals surface area contributed by atoms with Crippen LogP contribution in [0.4, 0.5) is 0 Å². The van der Waals surface area contributed by atoms with Crippen LogP contribution in [0.1, 0.15) is 22.8 Å². The fourth-order valence-electron chi connectivity index (χ4n) is 3.21. The largest absolute Gasteiger partial charge is 0.271 e. The van der Waals surface area contributed by atoms with Gasteiger partial charge in [-0.1, -0.05) is 48.0 Å². The Bertz CT molecular complexity index is 1390. The molecule has 4 rings (SSSR count). The van der Waals surface area contributed by atoms with Crippen LogP contribution in [0, 0.1) is 0 Å². The molecule has 6 nitrogen and oxygen atoms in total. The first kappa shape index (κ1) is 20.8. The first-order valence-electron chi connectivity index (χ1n) is 9.39. The number of aromatic nitrogens is 1. The molecule has 0 atom stereocenters. The van der Waals surface area contributed by atoms with Crippen LogP contribution < -0.4 is 5.43 Å². The van der Waals surface area contributed by atoms with E-state index < -0.39 is 10.0 Å². The Labute approximate surface area is 184 Å². The Morgan fingerprint density at radius 2 is 1.58 bits per heavy atom. The third-order valence-electron chi connectivity index (χ3n) is 4.80. The van der Waals surface area contributed by atoms with Crippen molar-refractivity contribution in [3.63, 3.8) is 0 Å². The van der Waals surface area contributed by atoms with Gasteiger partial charge in [0, 0.05) is 27.7 Å². The van der Waals surface area contributed by atoms with E-state index in [2.05, 4.69) is 10.5 Å². The summed E-state index contributed by atoms with van der Waals surface area (Å²) in [5, 5.41) is 5.35. The van der Waals surface area contributed by atoms with Crippen molar-refractivity contribution in [3.05, 3.63) is 101 Å². The number of carbonyl (C=O) groups excluding carboxylic acids is 1. The molecule has 0 aliphatic heterocycles.